The summed E-state index contributed by atoms with van der Waals surface area (Å²) in [6, 6.07) is 16.1. The van der Waals surface area contributed by atoms with Gasteiger partial charge in [-0.1, -0.05) is 48.5 Å². The first-order chi connectivity index (χ1) is 15.0. The minimum absolute atomic E-state index is 0.00774. The van der Waals surface area contributed by atoms with Crippen LogP contribution < -0.4 is 10.8 Å². The van der Waals surface area contributed by atoms with E-state index in [-0.39, 0.29) is 30.4 Å². The Morgan fingerprint density at radius 2 is 1.61 bits per heavy atom. The van der Waals surface area contributed by atoms with Crippen LogP contribution in [-0.2, 0) is 19.2 Å². The largest absolute Gasteiger partial charge is 0.479 e. The van der Waals surface area contributed by atoms with Crippen LogP contribution in [0.25, 0.3) is 11.1 Å². The standard InChI is InChI=1S/C23H24N2O6/c26-21(27)13-31-25-22(28)14-9-10-15(11-14)24-23(29)30-12-20-18-7-3-1-5-16(18)17-6-2-4-8-19(17)20/h1-8,14-15,20H,9-13H2,(H,24,29)(H,25,28)(H,26,27). The highest BCUT2D eigenvalue weighted by atomic mass is 16.7. The lowest BCUT2D eigenvalue weighted by atomic mass is 9.98. The molecule has 8 heteroatoms. The molecule has 2 aliphatic carbocycles. The fourth-order valence-electron chi connectivity index (χ4n) is 4.41. The highest BCUT2D eigenvalue weighted by Gasteiger charge is 2.32. The van der Waals surface area contributed by atoms with Crippen LogP contribution >= 0.6 is 0 Å². The van der Waals surface area contributed by atoms with Crippen LogP contribution in [0.1, 0.15) is 36.3 Å². The van der Waals surface area contributed by atoms with Crippen molar-refractivity contribution in [2.75, 3.05) is 13.2 Å². The molecule has 2 aromatic carbocycles. The third-order valence-electron chi connectivity index (χ3n) is 5.84. The number of hydrogen-bond donors (Lipinski definition) is 3. The van der Waals surface area contributed by atoms with E-state index in [1.165, 1.54) is 11.1 Å². The molecule has 2 unspecified atom stereocenters. The topological polar surface area (TPSA) is 114 Å². The maximum absolute atomic E-state index is 12.4. The molecule has 3 N–H and O–H groups in total. The summed E-state index contributed by atoms with van der Waals surface area (Å²) in [4.78, 5) is 39.5. The Morgan fingerprint density at radius 3 is 2.26 bits per heavy atom. The number of aliphatic carboxylic acids is 1. The van der Waals surface area contributed by atoms with Crippen LogP contribution in [0, 0.1) is 5.92 Å². The van der Waals surface area contributed by atoms with E-state index in [1.807, 2.05) is 24.3 Å². The number of carbonyl (C=O) groups excluding carboxylic acids is 2. The molecule has 2 aromatic rings. The van der Waals surface area contributed by atoms with Gasteiger partial charge < -0.3 is 15.2 Å². The number of benzene rings is 2. The van der Waals surface area contributed by atoms with E-state index in [9.17, 15) is 14.4 Å². The highest BCUT2D eigenvalue weighted by molar-refractivity contribution is 5.79. The van der Waals surface area contributed by atoms with Gasteiger partial charge in [0.15, 0.2) is 6.61 Å². The van der Waals surface area contributed by atoms with Crippen LogP contribution in [0.2, 0.25) is 0 Å². The van der Waals surface area contributed by atoms with Gasteiger partial charge in [0.05, 0.1) is 0 Å². The van der Waals surface area contributed by atoms with Crippen molar-refractivity contribution in [1.82, 2.24) is 10.8 Å². The van der Waals surface area contributed by atoms with Gasteiger partial charge in [-0.15, -0.1) is 0 Å². The molecule has 2 amide bonds. The van der Waals surface area contributed by atoms with Gasteiger partial charge in [-0.25, -0.2) is 15.1 Å². The van der Waals surface area contributed by atoms with Gasteiger partial charge in [-0.05, 0) is 41.5 Å². The number of nitrogens with one attached hydrogen (secondary N) is 2. The van der Waals surface area contributed by atoms with Gasteiger partial charge in [0.2, 0.25) is 5.91 Å². The molecule has 8 nitrogen and oxygen atoms in total. The zero-order valence-electron chi connectivity index (χ0n) is 16.9. The SMILES string of the molecule is O=C(O)CONC(=O)C1CCC(NC(=O)OCC2c3ccccc3-c3ccccc32)C1. The molecule has 0 heterocycles. The lowest BCUT2D eigenvalue weighted by Crippen LogP contribution is -2.36. The zero-order valence-corrected chi connectivity index (χ0v) is 16.9. The predicted octanol–water partition coefficient (Wildman–Crippen LogP) is 2.83. The summed E-state index contributed by atoms with van der Waals surface area (Å²) < 4.78 is 5.55. The average molecular weight is 424 g/mol. The molecular formula is C23H24N2O6. The number of carbonyl (C=O) groups is 3. The number of hydroxylamine groups is 1. The van der Waals surface area contributed by atoms with Crippen molar-refractivity contribution >= 4 is 18.0 Å². The second kappa shape index (κ2) is 9.18. The van der Waals surface area contributed by atoms with Gasteiger partial charge >= 0.3 is 12.1 Å². The molecule has 0 aromatic heterocycles. The smallest absolute Gasteiger partial charge is 0.407 e. The molecular weight excluding hydrogens is 400 g/mol. The highest BCUT2D eigenvalue weighted by Crippen LogP contribution is 2.44. The van der Waals surface area contributed by atoms with Gasteiger partial charge in [0.25, 0.3) is 0 Å². The fraction of sp³-hybridized carbons (Fsp3) is 0.348. The Bertz CT molecular complexity index is 946. The predicted molar refractivity (Wildman–Crippen MR) is 111 cm³/mol. The summed E-state index contributed by atoms with van der Waals surface area (Å²) in [6.07, 6.45) is 1.17. The number of rotatable bonds is 7. The number of amides is 2. The summed E-state index contributed by atoms with van der Waals surface area (Å²) in [5.74, 6) is -1.89. The van der Waals surface area contributed by atoms with Gasteiger partial charge in [0, 0.05) is 17.9 Å². The molecule has 2 atom stereocenters. The van der Waals surface area contributed by atoms with Crippen molar-refractivity contribution in [3.63, 3.8) is 0 Å². The number of hydrogen-bond acceptors (Lipinski definition) is 5. The summed E-state index contributed by atoms with van der Waals surface area (Å²) >= 11 is 0. The molecule has 1 fully saturated rings. The Labute approximate surface area is 179 Å². The maximum atomic E-state index is 12.4. The molecule has 31 heavy (non-hydrogen) atoms. The molecule has 2 aliphatic rings. The van der Waals surface area contributed by atoms with Crippen molar-refractivity contribution in [2.45, 2.75) is 31.2 Å². The first-order valence-electron chi connectivity index (χ1n) is 10.3. The number of fused-ring (bicyclic) bond motifs is 3. The Kier molecular flexibility index (Phi) is 6.18. The first kappa shape index (κ1) is 20.9. The summed E-state index contributed by atoms with van der Waals surface area (Å²) in [6.45, 7) is -0.362. The normalized spacial score (nSPS) is 19.4. The minimum atomic E-state index is -1.17. The minimum Gasteiger partial charge on any atom is -0.479 e. The third kappa shape index (κ3) is 4.69. The van der Waals surface area contributed by atoms with E-state index in [2.05, 4.69) is 39.9 Å². The quantitative estimate of drug-likeness (QED) is 0.589. The third-order valence-corrected chi connectivity index (χ3v) is 5.84. The average Bonchev–Trinajstić information content (AvgIpc) is 3.35. The van der Waals surface area contributed by atoms with Crippen molar-refractivity contribution in [3.8, 4) is 11.1 Å². The molecule has 0 saturated heterocycles. The van der Waals surface area contributed by atoms with Crippen LogP contribution in [-0.4, -0.2) is 42.3 Å². The fourth-order valence-corrected chi connectivity index (χ4v) is 4.41. The van der Waals surface area contributed by atoms with E-state index in [4.69, 9.17) is 9.84 Å². The number of carboxylic acids is 1. The van der Waals surface area contributed by atoms with E-state index >= 15 is 0 Å². The zero-order chi connectivity index (χ0) is 21.8. The van der Waals surface area contributed by atoms with E-state index < -0.39 is 18.7 Å². The van der Waals surface area contributed by atoms with E-state index in [0.29, 0.717) is 19.3 Å². The lowest BCUT2D eigenvalue weighted by Gasteiger charge is -2.17. The van der Waals surface area contributed by atoms with Crippen molar-refractivity contribution < 1.29 is 29.1 Å². The summed E-state index contributed by atoms with van der Waals surface area (Å²) in [5.41, 5.74) is 6.78. The van der Waals surface area contributed by atoms with Gasteiger partial charge in [-0.3, -0.25) is 9.63 Å². The van der Waals surface area contributed by atoms with Crippen molar-refractivity contribution in [2.24, 2.45) is 5.92 Å². The van der Waals surface area contributed by atoms with Gasteiger partial charge in [-0.2, -0.15) is 0 Å². The van der Waals surface area contributed by atoms with Crippen LogP contribution in [0.5, 0.6) is 0 Å². The molecule has 4 rings (SSSR count). The molecule has 1 saturated carbocycles. The van der Waals surface area contributed by atoms with Crippen molar-refractivity contribution in [3.05, 3.63) is 59.7 Å². The Hall–Kier alpha value is -3.39. The number of ether oxygens (including phenoxy) is 1. The van der Waals surface area contributed by atoms with E-state index in [1.54, 1.807) is 0 Å². The number of alkyl carbamates (subject to hydrolysis) is 1. The first-order valence-corrected chi connectivity index (χ1v) is 10.3. The Morgan fingerprint density at radius 1 is 0.968 bits per heavy atom. The van der Waals surface area contributed by atoms with E-state index in [0.717, 1.165) is 11.1 Å². The molecule has 0 spiro atoms. The second-order valence-electron chi connectivity index (χ2n) is 7.83. The number of carboxylic acid groups (broad SMARTS) is 1. The lowest BCUT2D eigenvalue weighted by molar-refractivity contribution is -0.150. The summed E-state index contributed by atoms with van der Waals surface area (Å²) in [5, 5.41) is 11.4. The monoisotopic (exact) mass is 424 g/mol. The van der Waals surface area contributed by atoms with Crippen LogP contribution in [0.4, 0.5) is 4.79 Å². The molecule has 0 aliphatic heterocycles. The van der Waals surface area contributed by atoms with Crippen molar-refractivity contribution in [1.29, 1.82) is 0 Å². The second-order valence-corrected chi connectivity index (χ2v) is 7.83. The van der Waals surface area contributed by atoms with Crippen LogP contribution in [0.3, 0.4) is 0 Å². The summed E-state index contributed by atoms with van der Waals surface area (Å²) in [7, 11) is 0. The van der Waals surface area contributed by atoms with Gasteiger partial charge in [0.1, 0.15) is 6.61 Å². The molecule has 0 radical (unpaired) electrons. The molecule has 0 bridgehead atoms. The van der Waals surface area contributed by atoms with Crippen LogP contribution in [0.15, 0.2) is 48.5 Å². The Balaban J connectivity index is 1.28. The molecule has 162 valence electrons. The maximum Gasteiger partial charge on any atom is 0.407 e.